The summed E-state index contributed by atoms with van der Waals surface area (Å²) < 4.78 is 1.61. The van der Waals surface area contributed by atoms with Crippen molar-refractivity contribution in [1.82, 2.24) is 9.55 Å². The maximum atomic E-state index is 12.5. The second kappa shape index (κ2) is 6.47. The molecule has 1 aliphatic heterocycles. The van der Waals surface area contributed by atoms with Crippen LogP contribution in [0.1, 0.15) is 10.4 Å². The van der Waals surface area contributed by atoms with Crippen LogP contribution in [-0.2, 0) is 11.3 Å². The highest BCUT2D eigenvalue weighted by atomic mass is 32.1. The van der Waals surface area contributed by atoms with Crippen LogP contribution in [-0.4, -0.2) is 20.6 Å². The monoisotopic (exact) mass is 382 g/mol. The third-order valence-corrected chi connectivity index (χ3v) is 5.64. The Labute approximate surface area is 156 Å². The lowest BCUT2D eigenvalue weighted by Crippen LogP contribution is -2.23. The van der Waals surface area contributed by atoms with E-state index in [0.717, 1.165) is 10.8 Å². The zero-order valence-electron chi connectivity index (χ0n) is 13.8. The van der Waals surface area contributed by atoms with Crippen LogP contribution in [0.2, 0.25) is 0 Å². The van der Waals surface area contributed by atoms with Gasteiger partial charge in [-0.15, -0.1) is 17.9 Å². The number of aromatic hydroxyl groups is 1. The number of aryl methyl sites for hydroxylation is 1. The van der Waals surface area contributed by atoms with Crippen LogP contribution in [0.15, 0.2) is 52.4 Å². The van der Waals surface area contributed by atoms with E-state index in [1.165, 1.54) is 22.7 Å². The standard InChI is InChI=1S/C18H14N4O2S2/c1-3-7-22-16(24)14(26-18(22)21-17-19-6-8-25-17)13-11-9-10(2)4-5-12(11)20-15(13)23/h3-6,8-9,24H,1,7H2,2H3. The number of allylic oxidation sites excluding steroid dienone is 1. The van der Waals surface area contributed by atoms with Gasteiger partial charge >= 0.3 is 0 Å². The lowest BCUT2D eigenvalue weighted by atomic mass is 10.1. The molecule has 130 valence electrons. The SMILES string of the molecule is C=CCn1c(O)c(C2=c3cc(C)ccc3=NC2=O)sc1=Nc1nccs1. The van der Waals surface area contributed by atoms with E-state index in [2.05, 4.69) is 21.5 Å². The highest BCUT2D eigenvalue weighted by molar-refractivity contribution is 7.13. The molecule has 6 nitrogen and oxygen atoms in total. The molecule has 1 amide bonds. The van der Waals surface area contributed by atoms with Crippen LogP contribution >= 0.6 is 22.7 Å². The van der Waals surface area contributed by atoms with Gasteiger partial charge in [0.15, 0.2) is 4.80 Å². The number of rotatable bonds is 4. The fraction of sp³-hybridized carbons (Fsp3) is 0.111. The van der Waals surface area contributed by atoms with E-state index in [1.54, 1.807) is 16.8 Å². The predicted octanol–water partition coefficient (Wildman–Crippen LogP) is 1.80. The van der Waals surface area contributed by atoms with Crippen molar-refractivity contribution in [2.24, 2.45) is 9.98 Å². The van der Waals surface area contributed by atoms with Crippen LogP contribution in [0.4, 0.5) is 5.13 Å². The van der Waals surface area contributed by atoms with Crippen molar-refractivity contribution >= 4 is 39.3 Å². The van der Waals surface area contributed by atoms with E-state index in [-0.39, 0.29) is 11.8 Å². The third kappa shape index (κ3) is 2.73. The second-order valence-corrected chi connectivity index (χ2v) is 7.53. The number of fused-ring (bicyclic) bond motifs is 1. The molecule has 1 aliphatic rings. The second-order valence-electron chi connectivity index (χ2n) is 5.68. The minimum Gasteiger partial charge on any atom is -0.493 e. The number of carbonyl (C=O) groups is 1. The molecular formula is C18H14N4O2S2. The quantitative estimate of drug-likeness (QED) is 0.699. The molecule has 1 N–H and O–H groups in total. The Hall–Kier alpha value is -2.84. The van der Waals surface area contributed by atoms with E-state index in [1.807, 2.05) is 30.5 Å². The summed E-state index contributed by atoms with van der Waals surface area (Å²) in [5, 5.41) is 14.5. The summed E-state index contributed by atoms with van der Waals surface area (Å²) in [6, 6.07) is 5.64. The lowest BCUT2D eigenvalue weighted by Gasteiger charge is -2.02. The average Bonchev–Trinajstić information content (AvgIpc) is 3.29. The number of carbonyl (C=O) groups excluding carboxylic acids is 1. The van der Waals surface area contributed by atoms with Gasteiger partial charge in [0.05, 0.1) is 10.9 Å². The first-order valence-corrected chi connectivity index (χ1v) is 9.50. The first-order valence-electron chi connectivity index (χ1n) is 7.80. The molecule has 1 aromatic carbocycles. The Morgan fingerprint density at radius 3 is 3.00 bits per heavy atom. The molecule has 3 heterocycles. The van der Waals surface area contributed by atoms with Gasteiger partial charge in [-0.2, -0.15) is 4.99 Å². The van der Waals surface area contributed by atoms with Gasteiger partial charge in [0.1, 0.15) is 4.88 Å². The Morgan fingerprint density at radius 1 is 1.42 bits per heavy atom. The first kappa shape index (κ1) is 16.6. The molecule has 0 unspecified atom stereocenters. The van der Waals surface area contributed by atoms with Crippen LogP contribution in [0.25, 0.3) is 5.57 Å². The molecule has 0 fully saturated rings. The number of amides is 1. The molecule has 0 radical (unpaired) electrons. The molecule has 0 saturated carbocycles. The summed E-state index contributed by atoms with van der Waals surface area (Å²) >= 11 is 2.64. The van der Waals surface area contributed by atoms with Gasteiger partial charge in [0, 0.05) is 23.3 Å². The van der Waals surface area contributed by atoms with Gasteiger partial charge in [0.2, 0.25) is 11.0 Å². The Balaban J connectivity index is 2.02. The predicted molar refractivity (Wildman–Crippen MR) is 101 cm³/mol. The topological polar surface area (TPSA) is 79.8 Å². The summed E-state index contributed by atoms with van der Waals surface area (Å²) in [7, 11) is 0. The molecule has 26 heavy (non-hydrogen) atoms. The van der Waals surface area contributed by atoms with Gasteiger partial charge in [-0.1, -0.05) is 29.0 Å². The smallest absolute Gasteiger partial charge is 0.279 e. The van der Waals surface area contributed by atoms with Crippen LogP contribution < -0.4 is 15.4 Å². The Bertz CT molecular complexity index is 1220. The highest BCUT2D eigenvalue weighted by Crippen LogP contribution is 2.29. The fourth-order valence-corrected chi connectivity index (χ4v) is 4.39. The zero-order chi connectivity index (χ0) is 18.3. The molecular weight excluding hydrogens is 368 g/mol. The summed E-state index contributed by atoms with van der Waals surface area (Å²) in [6.45, 7) is 6.05. The number of nitrogens with zero attached hydrogens (tertiary/aromatic N) is 4. The maximum Gasteiger partial charge on any atom is 0.279 e. The van der Waals surface area contributed by atoms with E-state index in [4.69, 9.17) is 0 Å². The van der Waals surface area contributed by atoms with Crippen LogP contribution in [0.3, 0.4) is 0 Å². The van der Waals surface area contributed by atoms with Crippen molar-refractivity contribution < 1.29 is 9.90 Å². The molecule has 0 saturated heterocycles. The molecule has 0 aliphatic carbocycles. The number of aromatic nitrogens is 2. The summed E-state index contributed by atoms with van der Waals surface area (Å²) in [4.78, 5) is 26.3. The summed E-state index contributed by atoms with van der Waals surface area (Å²) in [5.74, 6) is -0.369. The van der Waals surface area contributed by atoms with Crippen LogP contribution in [0.5, 0.6) is 5.88 Å². The normalized spacial score (nSPS) is 13.8. The van der Waals surface area contributed by atoms with E-state index < -0.39 is 0 Å². The van der Waals surface area contributed by atoms with Crippen molar-refractivity contribution in [2.75, 3.05) is 0 Å². The number of hydrogen-bond acceptors (Lipinski definition) is 6. The largest absolute Gasteiger partial charge is 0.493 e. The van der Waals surface area contributed by atoms with Gasteiger partial charge in [0.25, 0.3) is 5.91 Å². The molecule has 0 spiro atoms. The maximum absolute atomic E-state index is 12.5. The van der Waals surface area contributed by atoms with Gasteiger partial charge < -0.3 is 5.11 Å². The third-order valence-electron chi connectivity index (χ3n) is 3.89. The highest BCUT2D eigenvalue weighted by Gasteiger charge is 2.25. The molecule has 2 aromatic heterocycles. The molecule has 4 rings (SSSR count). The van der Waals surface area contributed by atoms with E-state index in [0.29, 0.717) is 32.3 Å². The molecule has 8 heteroatoms. The van der Waals surface area contributed by atoms with Crippen molar-refractivity contribution in [3.63, 3.8) is 0 Å². The van der Waals surface area contributed by atoms with Gasteiger partial charge in [-0.25, -0.2) is 9.98 Å². The number of thiazole rings is 2. The number of hydrogen-bond donors (Lipinski definition) is 1. The minimum absolute atomic E-state index is 0.0156. The Morgan fingerprint density at radius 2 is 2.27 bits per heavy atom. The first-order chi connectivity index (χ1) is 12.6. The number of benzene rings is 1. The average molecular weight is 382 g/mol. The van der Waals surface area contributed by atoms with Crippen molar-refractivity contribution in [1.29, 1.82) is 0 Å². The molecule has 3 aromatic rings. The van der Waals surface area contributed by atoms with E-state index >= 15 is 0 Å². The van der Waals surface area contributed by atoms with Gasteiger partial charge in [-0.05, 0) is 19.1 Å². The van der Waals surface area contributed by atoms with Gasteiger partial charge in [-0.3, -0.25) is 9.36 Å². The van der Waals surface area contributed by atoms with Crippen molar-refractivity contribution in [3.8, 4) is 5.88 Å². The summed E-state index contributed by atoms with van der Waals surface area (Å²) in [5.41, 5.74) is 1.43. The van der Waals surface area contributed by atoms with Crippen molar-refractivity contribution in [3.05, 3.63) is 68.2 Å². The summed E-state index contributed by atoms with van der Waals surface area (Å²) in [6.07, 6.45) is 3.34. The molecule has 0 atom stereocenters. The fourth-order valence-electron chi connectivity index (χ4n) is 2.75. The minimum atomic E-state index is -0.353. The lowest BCUT2D eigenvalue weighted by molar-refractivity contribution is -0.112. The van der Waals surface area contributed by atoms with Crippen molar-refractivity contribution in [2.45, 2.75) is 13.5 Å². The van der Waals surface area contributed by atoms with Crippen LogP contribution in [0, 0.1) is 6.92 Å². The Kier molecular flexibility index (Phi) is 4.14. The van der Waals surface area contributed by atoms with E-state index in [9.17, 15) is 9.90 Å². The molecule has 0 bridgehead atoms. The zero-order valence-corrected chi connectivity index (χ0v) is 15.5.